The van der Waals surface area contributed by atoms with Crippen LogP contribution in [0, 0.1) is 18.8 Å². The standard InChI is InChI=1S/C27H27N3O5/c1-16-20(29-15-28-16)12-18-13-27(34-22(31)10-11-23(32)35-27)26-24(25(18)33)19-8-4-5-9-21(19)30(26)14-17-6-2-3-7-17/h4-5,8-11,15,17-18H,2-3,6-7,12-14H2,1H3,(H,28,29). The Hall–Kier alpha value is -3.68. The van der Waals surface area contributed by atoms with Gasteiger partial charge in [-0.25, -0.2) is 14.6 Å². The van der Waals surface area contributed by atoms with Crippen LogP contribution >= 0.6 is 0 Å². The van der Waals surface area contributed by atoms with Gasteiger partial charge in [-0.1, -0.05) is 31.0 Å². The molecule has 0 bridgehead atoms. The van der Waals surface area contributed by atoms with Gasteiger partial charge in [0.25, 0.3) is 0 Å². The van der Waals surface area contributed by atoms with Gasteiger partial charge in [0.05, 0.1) is 17.6 Å². The number of nitrogens with one attached hydrogen (secondary N) is 1. The van der Waals surface area contributed by atoms with Crippen LogP contribution in [0.5, 0.6) is 0 Å². The van der Waals surface area contributed by atoms with E-state index in [9.17, 15) is 14.4 Å². The van der Waals surface area contributed by atoms with E-state index in [0.717, 1.165) is 47.3 Å². The summed E-state index contributed by atoms with van der Waals surface area (Å²) >= 11 is 0. The van der Waals surface area contributed by atoms with Crippen molar-refractivity contribution in [2.75, 3.05) is 0 Å². The average molecular weight is 474 g/mol. The molecule has 2 aromatic heterocycles. The van der Waals surface area contributed by atoms with Gasteiger partial charge in [-0.15, -0.1) is 0 Å². The number of fused-ring (bicyclic) bond motifs is 4. The van der Waals surface area contributed by atoms with E-state index in [1.54, 1.807) is 6.33 Å². The van der Waals surface area contributed by atoms with Crippen LogP contribution in [-0.2, 0) is 37.8 Å². The Bertz CT molecular complexity index is 1350. The van der Waals surface area contributed by atoms with Crippen LogP contribution in [0.3, 0.4) is 0 Å². The van der Waals surface area contributed by atoms with Crippen molar-refractivity contribution in [2.45, 2.75) is 57.8 Å². The van der Waals surface area contributed by atoms with Crippen LogP contribution in [-0.4, -0.2) is 32.3 Å². The molecule has 3 aromatic rings. The van der Waals surface area contributed by atoms with Crippen LogP contribution in [0.4, 0.5) is 0 Å². The maximum atomic E-state index is 14.0. The number of ether oxygens (including phenoxy) is 2. The number of rotatable bonds is 4. The maximum absolute atomic E-state index is 14.0. The molecule has 2 aliphatic carbocycles. The van der Waals surface area contributed by atoms with Crippen molar-refractivity contribution in [3.63, 3.8) is 0 Å². The second-order valence-electron chi connectivity index (χ2n) is 9.87. The summed E-state index contributed by atoms with van der Waals surface area (Å²) in [6.45, 7) is 2.58. The van der Waals surface area contributed by atoms with Crippen LogP contribution in [0.2, 0.25) is 0 Å². The summed E-state index contributed by atoms with van der Waals surface area (Å²) in [4.78, 5) is 46.9. The van der Waals surface area contributed by atoms with Crippen molar-refractivity contribution >= 4 is 28.6 Å². The maximum Gasteiger partial charge on any atom is 0.334 e. The third-order valence-corrected chi connectivity index (χ3v) is 7.64. The molecule has 6 rings (SSSR count). The highest BCUT2D eigenvalue weighted by Crippen LogP contribution is 2.48. The summed E-state index contributed by atoms with van der Waals surface area (Å²) in [5.41, 5.74) is 3.48. The third kappa shape index (κ3) is 3.59. The number of esters is 2. The highest BCUT2D eigenvalue weighted by atomic mass is 16.7. The normalized spacial score (nSPS) is 21.9. The zero-order valence-electron chi connectivity index (χ0n) is 19.6. The van der Waals surface area contributed by atoms with Crippen LogP contribution in [0.15, 0.2) is 42.7 Å². The predicted molar refractivity (Wildman–Crippen MR) is 126 cm³/mol. The lowest BCUT2D eigenvalue weighted by atomic mass is 9.78. The molecule has 1 N–H and O–H groups in total. The summed E-state index contributed by atoms with van der Waals surface area (Å²) in [6.07, 6.45) is 8.72. The van der Waals surface area contributed by atoms with E-state index in [1.165, 1.54) is 12.8 Å². The van der Waals surface area contributed by atoms with E-state index in [1.807, 2.05) is 31.2 Å². The number of nitrogens with zero attached hydrogens (tertiary/aromatic N) is 2. The lowest BCUT2D eigenvalue weighted by Gasteiger charge is -2.38. The fourth-order valence-electron chi connectivity index (χ4n) is 6.03. The molecule has 8 nitrogen and oxygen atoms in total. The van der Waals surface area contributed by atoms with Gasteiger partial charge < -0.3 is 19.0 Å². The highest BCUT2D eigenvalue weighted by Gasteiger charge is 2.54. The first-order valence-corrected chi connectivity index (χ1v) is 12.2. The van der Waals surface area contributed by atoms with E-state index in [4.69, 9.17) is 9.47 Å². The number of Topliss-reactive ketones (excluding diaryl/α,β-unsaturated/α-hetero) is 1. The number of hydrogen-bond donors (Lipinski definition) is 1. The van der Waals surface area contributed by atoms with Crippen molar-refractivity contribution in [2.24, 2.45) is 11.8 Å². The molecular formula is C27H27N3O5. The number of imidazole rings is 1. The second-order valence-corrected chi connectivity index (χ2v) is 9.87. The summed E-state index contributed by atoms with van der Waals surface area (Å²) in [6, 6.07) is 7.74. The lowest BCUT2D eigenvalue weighted by Crippen LogP contribution is -2.46. The number of aryl methyl sites for hydroxylation is 1. The highest BCUT2D eigenvalue weighted by molar-refractivity contribution is 6.12. The number of aromatic amines is 1. The first kappa shape index (κ1) is 21.8. The Morgan fingerprint density at radius 2 is 1.80 bits per heavy atom. The number of H-pyrrole nitrogens is 1. The Morgan fingerprint density at radius 3 is 2.49 bits per heavy atom. The van der Waals surface area contributed by atoms with E-state index < -0.39 is 23.6 Å². The lowest BCUT2D eigenvalue weighted by molar-refractivity contribution is -0.235. The molecule has 0 amide bonds. The summed E-state index contributed by atoms with van der Waals surface area (Å²) in [7, 11) is 0. The Morgan fingerprint density at radius 1 is 1.09 bits per heavy atom. The first-order valence-electron chi connectivity index (χ1n) is 12.2. The fourth-order valence-corrected chi connectivity index (χ4v) is 6.03. The Labute approximate surface area is 202 Å². The molecule has 1 aliphatic heterocycles. The minimum absolute atomic E-state index is 0.0429. The predicted octanol–water partition coefficient (Wildman–Crippen LogP) is 4.12. The fraction of sp³-hybridized carbons (Fsp3) is 0.407. The summed E-state index contributed by atoms with van der Waals surface area (Å²) in [5, 5.41) is 0.789. The molecule has 8 heteroatoms. The van der Waals surface area contributed by atoms with Gasteiger partial charge in [0.2, 0.25) is 0 Å². The molecule has 35 heavy (non-hydrogen) atoms. The van der Waals surface area contributed by atoms with Gasteiger partial charge in [0, 0.05) is 54.1 Å². The van der Waals surface area contributed by atoms with Gasteiger partial charge in [0.1, 0.15) is 5.69 Å². The molecule has 0 radical (unpaired) electrons. The van der Waals surface area contributed by atoms with Crippen molar-refractivity contribution in [1.82, 2.24) is 14.5 Å². The van der Waals surface area contributed by atoms with E-state index in [-0.39, 0.29) is 12.2 Å². The molecule has 1 spiro atoms. The van der Waals surface area contributed by atoms with Crippen molar-refractivity contribution in [1.29, 1.82) is 0 Å². The number of benzene rings is 1. The van der Waals surface area contributed by atoms with Gasteiger partial charge in [-0.05, 0) is 31.7 Å². The molecule has 1 saturated carbocycles. The second kappa shape index (κ2) is 8.22. The average Bonchev–Trinajstić information content (AvgIpc) is 3.55. The smallest absolute Gasteiger partial charge is 0.334 e. The SMILES string of the molecule is Cc1[nH]cnc1CC1CC2(OC(=O)C=CC(=O)O2)c2c(c3ccccc3n2CC2CCCC2)C1=O. The van der Waals surface area contributed by atoms with Crippen LogP contribution in [0.25, 0.3) is 10.9 Å². The number of carbonyl (C=O) groups excluding carboxylic acids is 3. The van der Waals surface area contributed by atoms with Crippen molar-refractivity contribution in [3.8, 4) is 0 Å². The molecule has 1 atom stereocenters. The minimum atomic E-state index is -1.69. The number of aromatic nitrogens is 3. The molecule has 3 aliphatic rings. The number of hydrogen-bond acceptors (Lipinski definition) is 6. The first-order chi connectivity index (χ1) is 16.9. The Balaban J connectivity index is 1.57. The molecule has 1 fully saturated rings. The zero-order chi connectivity index (χ0) is 24.2. The number of carbonyl (C=O) groups is 3. The Kier molecular flexibility index (Phi) is 5.12. The van der Waals surface area contributed by atoms with E-state index in [0.29, 0.717) is 30.1 Å². The zero-order valence-corrected chi connectivity index (χ0v) is 19.6. The molecular weight excluding hydrogens is 446 g/mol. The summed E-state index contributed by atoms with van der Waals surface area (Å²) in [5.74, 6) is -3.19. The third-order valence-electron chi connectivity index (χ3n) is 7.64. The van der Waals surface area contributed by atoms with Crippen molar-refractivity contribution in [3.05, 3.63) is 65.4 Å². The topological polar surface area (TPSA) is 103 Å². The largest absolute Gasteiger partial charge is 0.413 e. The van der Waals surface area contributed by atoms with Gasteiger partial charge in [-0.3, -0.25) is 4.79 Å². The number of ketones is 1. The van der Waals surface area contributed by atoms with Gasteiger partial charge in [0.15, 0.2) is 5.78 Å². The van der Waals surface area contributed by atoms with Crippen LogP contribution < -0.4 is 0 Å². The van der Waals surface area contributed by atoms with Gasteiger partial charge in [-0.2, -0.15) is 0 Å². The molecule has 1 aromatic carbocycles. The molecule has 1 unspecified atom stereocenters. The van der Waals surface area contributed by atoms with Crippen LogP contribution in [0.1, 0.15) is 59.5 Å². The monoisotopic (exact) mass is 473 g/mol. The molecule has 180 valence electrons. The molecule has 0 saturated heterocycles. The van der Waals surface area contributed by atoms with Crippen molar-refractivity contribution < 1.29 is 23.9 Å². The number of para-hydroxylation sites is 1. The quantitative estimate of drug-likeness (QED) is 0.572. The summed E-state index contributed by atoms with van der Waals surface area (Å²) < 4.78 is 13.9. The van der Waals surface area contributed by atoms with E-state index >= 15 is 0 Å². The van der Waals surface area contributed by atoms with E-state index in [2.05, 4.69) is 14.5 Å². The minimum Gasteiger partial charge on any atom is -0.413 e. The van der Waals surface area contributed by atoms with Gasteiger partial charge >= 0.3 is 17.7 Å². The molecule has 3 heterocycles.